The number of aromatic nitrogens is 1. The summed E-state index contributed by atoms with van der Waals surface area (Å²) in [5.74, 6) is 0.0506. The zero-order valence-corrected chi connectivity index (χ0v) is 12.0. The molecule has 1 aliphatic rings. The van der Waals surface area contributed by atoms with Crippen molar-refractivity contribution in [3.8, 4) is 10.6 Å². The number of rotatable bonds is 4. The Morgan fingerprint density at radius 1 is 1.65 bits per heavy atom. The molecule has 6 heteroatoms. The molecule has 0 aliphatic carbocycles. The summed E-state index contributed by atoms with van der Waals surface area (Å²) >= 11 is 1.61. The topological polar surface area (TPSA) is 66.6 Å². The highest BCUT2D eigenvalue weighted by Gasteiger charge is 2.40. The minimum atomic E-state index is -0.723. The van der Waals surface area contributed by atoms with Crippen molar-refractivity contribution in [2.24, 2.45) is 5.41 Å². The first-order valence-corrected chi connectivity index (χ1v) is 7.40. The molecule has 1 atom stereocenters. The van der Waals surface area contributed by atoms with E-state index in [1.165, 1.54) is 0 Å². The SMILES string of the molecule is CC1(C(=O)O)CCN(Cc2cc(-c3cccs3)on2)C1. The smallest absolute Gasteiger partial charge is 0.310 e. The number of carbonyl (C=O) groups is 1. The van der Waals surface area contributed by atoms with E-state index in [0.29, 0.717) is 19.5 Å². The van der Waals surface area contributed by atoms with Gasteiger partial charge in [0.05, 0.1) is 16.0 Å². The van der Waals surface area contributed by atoms with Gasteiger partial charge in [-0.2, -0.15) is 0 Å². The van der Waals surface area contributed by atoms with Gasteiger partial charge in [0.15, 0.2) is 5.76 Å². The molecule has 0 saturated carbocycles. The molecule has 2 aromatic heterocycles. The van der Waals surface area contributed by atoms with Crippen LogP contribution in [-0.2, 0) is 11.3 Å². The van der Waals surface area contributed by atoms with Gasteiger partial charge < -0.3 is 9.63 Å². The Labute approximate surface area is 120 Å². The van der Waals surface area contributed by atoms with Crippen LogP contribution in [0, 0.1) is 5.41 Å². The standard InChI is InChI=1S/C14H16N2O3S/c1-14(13(17)18)4-5-16(9-14)8-10-7-11(19-15-10)12-3-2-6-20-12/h2-3,6-7H,4-5,8-9H2,1H3,(H,17,18). The van der Waals surface area contributed by atoms with E-state index in [4.69, 9.17) is 4.52 Å². The van der Waals surface area contributed by atoms with E-state index < -0.39 is 11.4 Å². The summed E-state index contributed by atoms with van der Waals surface area (Å²) in [7, 11) is 0. The van der Waals surface area contributed by atoms with Gasteiger partial charge in [-0.3, -0.25) is 9.69 Å². The van der Waals surface area contributed by atoms with Crippen LogP contribution in [-0.4, -0.2) is 34.2 Å². The maximum absolute atomic E-state index is 11.2. The summed E-state index contributed by atoms with van der Waals surface area (Å²) in [6.45, 7) is 3.78. The predicted molar refractivity (Wildman–Crippen MR) is 75.5 cm³/mol. The van der Waals surface area contributed by atoms with E-state index in [-0.39, 0.29) is 0 Å². The molecular weight excluding hydrogens is 276 g/mol. The van der Waals surface area contributed by atoms with Crippen LogP contribution in [0.4, 0.5) is 0 Å². The third kappa shape index (κ3) is 2.48. The Bertz CT molecular complexity index is 608. The Morgan fingerprint density at radius 3 is 3.15 bits per heavy atom. The molecule has 0 spiro atoms. The normalized spacial score (nSPS) is 23.2. The lowest BCUT2D eigenvalue weighted by Crippen LogP contribution is -2.31. The first-order chi connectivity index (χ1) is 9.57. The molecule has 20 heavy (non-hydrogen) atoms. The molecule has 0 amide bonds. The van der Waals surface area contributed by atoms with Gasteiger partial charge in [-0.15, -0.1) is 11.3 Å². The fraction of sp³-hybridized carbons (Fsp3) is 0.429. The highest BCUT2D eigenvalue weighted by molar-refractivity contribution is 7.13. The molecule has 1 unspecified atom stereocenters. The van der Waals surface area contributed by atoms with Crippen LogP contribution in [0.15, 0.2) is 28.1 Å². The maximum atomic E-state index is 11.2. The fourth-order valence-corrected chi connectivity index (χ4v) is 3.19. The lowest BCUT2D eigenvalue weighted by Gasteiger charge is -2.18. The number of carboxylic acid groups (broad SMARTS) is 1. The summed E-state index contributed by atoms with van der Waals surface area (Å²) in [4.78, 5) is 14.4. The van der Waals surface area contributed by atoms with Crippen LogP contribution >= 0.6 is 11.3 Å². The Morgan fingerprint density at radius 2 is 2.50 bits per heavy atom. The van der Waals surface area contributed by atoms with Gasteiger partial charge in [-0.05, 0) is 31.3 Å². The average Bonchev–Trinajstić information content (AvgIpc) is 3.10. The van der Waals surface area contributed by atoms with Crippen molar-refractivity contribution in [2.75, 3.05) is 13.1 Å². The fourth-order valence-electron chi connectivity index (χ4n) is 2.52. The average molecular weight is 292 g/mol. The number of carboxylic acids is 1. The van der Waals surface area contributed by atoms with E-state index in [0.717, 1.165) is 22.9 Å². The van der Waals surface area contributed by atoms with Gasteiger partial charge in [-0.25, -0.2) is 0 Å². The highest BCUT2D eigenvalue weighted by Crippen LogP contribution is 2.31. The van der Waals surface area contributed by atoms with Gasteiger partial charge in [0.25, 0.3) is 0 Å². The molecule has 2 aromatic rings. The van der Waals surface area contributed by atoms with E-state index in [9.17, 15) is 9.90 Å². The van der Waals surface area contributed by atoms with Gasteiger partial charge in [0.1, 0.15) is 0 Å². The van der Waals surface area contributed by atoms with Crippen LogP contribution in [0.2, 0.25) is 0 Å². The highest BCUT2D eigenvalue weighted by atomic mass is 32.1. The molecule has 1 aliphatic heterocycles. The van der Waals surface area contributed by atoms with Crippen LogP contribution in [0.3, 0.4) is 0 Å². The van der Waals surface area contributed by atoms with Crippen molar-refractivity contribution in [1.82, 2.24) is 10.1 Å². The van der Waals surface area contributed by atoms with Crippen molar-refractivity contribution in [1.29, 1.82) is 0 Å². The minimum Gasteiger partial charge on any atom is -0.481 e. The third-order valence-electron chi connectivity index (χ3n) is 3.78. The molecule has 106 valence electrons. The molecule has 1 saturated heterocycles. The number of aliphatic carboxylic acids is 1. The van der Waals surface area contributed by atoms with E-state index >= 15 is 0 Å². The second kappa shape index (κ2) is 5.03. The maximum Gasteiger partial charge on any atom is 0.310 e. The monoisotopic (exact) mass is 292 g/mol. The van der Waals surface area contributed by atoms with Crippen molar-refractivity contribution in [3.05, 3.63) is 29.3 Å². The van der Waals surface area contributed by atoms with Crippen LogP contribution in [0.25, 0.3) is 10.6 Å². The summed E-state index contributed by atoms with van der Waals surface area (Å²) in [5, 5.41) is 15.3. The molecule has 1 fully saturated rings. The summed E-state index contributed by atoms with van der Waals surface area (Å²) in [6, 6.07) is 5.90. The minimum absolute atomic E-state index is 0.559. The third-order valence-corrected chi connectivity index (χ3v) is 4.66. The molecule has 5 nitrogen and oxygen atoms in total. The van der Waals surface area contributed by atoms with E-state index in [2.05, 4.69) is 10.1 Å². The van der Waals surface area contributed by atoms with Gasteiger partial charge >= 0.3 is 5.97 Å². The summed E-state index contributed by atoms with van der Waals surface area (Å²) in [5.41, 5.74) is 0.211. The van der Waals surface area contributed by atoms with Crippen LogP contribution in [0.1, 0.15) is 19.0 Å². The van der Waals surface area contributed by atoms with E-state index in [1.54, 1.807) is 18.3 Å². The second-order valence-electron chi connectivity index (χ2n) is 5.49. The second-order valence-corrected chi connectivity index (χ2v) is 6.43. The van der Waals surface area contributed by atoms with Crippen LogP contribution in [0.5, 0.6) is 0 Å². The zero-order valence-electron chi connectivity index (χ0n) is 11.2. The number of thiophene rings is 1. The zero-order chi connectivity index (χ0) is 14.2. The van der Waals surface area contributed by atoms with Gasteiger partial charge in [-0.1, -0.05) is 11.2 Å². The first-order valence-electron chi connectivity index (χ1n) is 6.52. The van der Waals surface area contributed by atoms with Crippen LogP contribution < -0.4 is 0 Å². The molecule has 3 rings (SSSR count). The molecule has 0 radical (unpaired) electrons. The lowest BCUT2D eigenvalue weighted by atomic mass is 9.90. The molecule has 0 aromatic carbocycles. The van der Waals surface area contributed by atoms with Crippen molar-refractivity contribution in [2.45, 2.75) is 19.9 Å². The first kappa shape index (κ1) is 13.3. The number of likely N-dealkylation sites (tertiary alicyclic amines) is 1. The Balaban J connectivity index is 1.66. The van der Waals surface area contributed by atoms with E-state index in [1.807, 2.05) is 23.6 Å². The molecule has 0 bridgehead atoms. The van der Waals surface area contributed by atoms with Gasteiger partial charge in [0.2, 0.25) is 0 Å². The summed E-state index contributed by atoms with van der Waals surface area (Å²) < 4.78 is 5.34. The molecule has 1 N–H and O–H groups in total. The molecular formula is C14H16N2O3S. The summed E-state index contributed by atoms with van der Waals surface area (Å²) in [6.07, 6.45) is 0.679. The number of hydrogen-bond donors (Lipinski definition) is 1. The van der Waals surface area contributed by atoms with Gasteiger partial charge in [0, 0.05) is 19.2 Å². The molecule has 3 heterocycles. The van der Waals surface area contributed by atoms with Crippen molar-refractivity contribution in [3.63, 3.8) is 0 Å². The quantitative estimate of drug-likeness (QED) is 0.938. The number of hydrogen-bond acceptors (Lipinski definition) is 5. The van der Waals surface area contributed by atoms with Crippen molar-refractivity contribution < 1.29 is 14.4 Å². The lowest BCUT2D eigenvalue weighted by molar-refractivity contribution is -0.147. The predicted octanol–water partition coefficient (Wildman–Crippen LogP) is 2.70. The largest absolute Gasteiger partial charge is 0.481 e. The van der Waals surface area contributed by atoms with Crippen molar-refractivity contribution >= 4 is 17.3 Å². The Kier molecular flexibility index (Phi) is 3.35. The number of nitrogens with zero attached hydrogens (tertiary/aromatic N) is 2. The Hall–Kier alpha value is -1.66.